The highest BCUT2D eigenvalue weighted by atomic mass is 19.1. The van der Waals surface area contributed by atoms with E-state index in [0.29, 0.717) is 13.0 Å². The maximum atomic E-state index is 13.7. The Hall–Kier alpha value is -2.70. The summed E-state index contributed by atoms with van der Waals surface area (Å²) in [5, 5.41) is 0. The van der Waals surface area contributed by atoms with Crippen LogP contribution in [0.4, 0.5) is 4.39 Å². The lowest BCUT2D eigenvalue weighted by Crippen LogP contribution is -2.43. The number of carbonyl (C=O) groups is 1. The van der Waals surface area contributed by atoms with Crippen LogP contribution in [0.25, 0.3) is 0 Å². The lowest BCUT2D eigenvalue weighted by molar-refractivity contribution is 0.0668. The van der Waals surface area contributed by atoms with E-state index >= 15 is 0 Å². The number of hydrogen-bond donors (Lipinski definition) is 0. The molecule has 1 aromatic carbocycles. The van der Waals surface area contributed by atoms with Gasteiger partial charge in [0, 0.05) is 26.7 Å². The standard InChI is InChI=1S/C19H22FN3O3/c1-21-16(12-17(24)22(2)19(21)26)18(25)23-10-5-3-4-9-15(23)13-7-6-8-14(20)11-13/h6-8,11-12,15H,3-5,9-10H2,1-2H3/t15-/m1/s1. The summed E-state index contributed by atoms with van der Waals surface area (Å²) < 4.78 is 15.8. The van der Waals surface area contributed by atoms with Crippen molar-refractivity contribution >= 4 is 5.91 Å². The molecule has 6 nitrogen and oxygen atoms in total. The summed E-state index contributed by atoms with van der Waals surface area (Å²) in [6.07, 6.45) is 3.45. The van der Waals surface area contributed by atoms with Gasteiger partial charge in [-0.15, -0.1) is 0 Å². The Morgan fingerprint density at radius 2 is 1.85 bits per heavy atom. The minimum Gasteiger partial charge on any atom is -0.330 e. The first-order valence-corrected chi connectivity index (χ1v) is 8.73. The second-order valence-corrected chi connectivity index (χ2v) is 6.69. The Morgan fingerprint density at radius 3 is 2.58 bits per heavy atom. The third-order valence-corrected chi connectivity index (χ3v) is 4.99. The summed E-state index contributed by atoms with van der Waals surface area (Å²) in [6.45, 7) is 0.503. The number of nitrogens with zero attached hydrogens (tertiary/aromatic N) is 3. The summed E-state index contributed by atoms with van der Waals surface area (Å²) in [7, 11) is 2.85. The van der Waals surface area contributed by atoms with Gasteiger partial charge in [-0.25, -0.2) is 9.18 Å². The molecule has 0 unspecified atom stereocenters. The summed E-state index contributed by atoms with van der Waals surface area (Å²) >= 11 is 0. The smallest absolute Gasteiger partial charge is 0.330 e. The number of hydrogen-bond acceptors (Lipinski definition) is 3. The maximum Gasteiger partial charge on any atom is 0.331 e. The number of halogens is 1. The first-order valence-electron chi connectivity index (χ1n) is 8.73. The fraction of sp³-hybridized carbons (Fsp3) is 0.421. The number of likely N-dealkylation sites (tertiary alicyclic amines) is 1. The van der Waals surface area contributed by atoms with Crippen LogP contribution in [0.1, 0.15) is 47.8 Å². The normalized spacial score (nSPS) is 17.8. The van der Waals surface area contributed by atoms with Gasteiger partial charge in [0.25, 0.3) is 11.5 Å². The molecular weight excluding hydrogens is 337 g/mol. The van der Waals surface area contributed by atoms with Crippen LogP contribution >= 0.6 is 0 Å². The molecule has 1 amide bonds. The van der Waals surface area contributed by atoms with Gasteiger partial charge in [-0.05, 0) is 30.5 Å². The molecular formula is C19H22FN3O3. The maximum absolute atomic E-state index is 13.7. The zero-order chi connectivity index (χ0) is 18.8. The molecule has 0 N–H and O–H groups in total. The zero-order valence-corrected chi connectivity index (χ0v) is 14.9. The fourth-order valence-corrected chi connectivity index (χ4v) is 3.50. The number of rotatable bonds is 2. The van der Waals surface area contributed by atoms with Gasteiger partial charge in [-0.3, -0.25) is 18.7 Å². The van der Waals surface area contributed by atoms with E-state index in [1.807, 2.05) is 6.07 Å². The molecule has 0 radical (unpaired) electrons. The van der Waals surface area contributed by atoms with Crippen molar-refractivity contribution in [1.82, 2.24) is 14.0 Å². The first kappa shape index (κ1) is 18.1. The molecule has 1 aliphatic heterocycles. The Morgan fingerprint density at radius 1 is 1.08 bits per heavy atom. The molecule has 0 spiro atoms. The second kappa shape index (κ2) is 7.27. The molecule has 1 aliphatic rings. The Bertz CT molecular complexity index is 948. The number of carbonyl (C=O) groups excluding carboxylic acids is 1. The van der Waals surface area contributed by atoms with Gasteiger partial charge in [0.2, 0.25) is 0 Å². The minimum absolute atomic E-state index is 0.0569. The van der Waals surface area contributed by atoms with Gasteiger partial charge in [0.15, 0.2) is 0 Å². The molecule has 138 valence electrons. The molecule has 0 aliphatic carbocycles. The first-order chi connectivity index (χ1) is 12.4. The van der Waals surface area contributed by atoms with Gasteiger partial charge in [-0.1, -0.05) is 25.0 Å². The van der Waals surface area contributed by atoms with E-state index in [9.17, 15) is 18.8 Å². The molecule has 3 rings (SSSR count). The lowest BCUT2D eigenvalue weighted by atomic mass is 10.0. The zero-order valence-electron chi connectivity index (χ0n) is 14.9. The summed E-state index contributed by atoms with van der Waals surface area (Å²) in [6, 6.07) is 7.17. The van der Waals surface area contributed by atoms with Crippen LogP contribution in [0.15, 0.2) is 39.9 Å². The van der Waals surface area contributed by atoms with Gasteiger partial charge >= 0.3 is 5.69 Å². The Balaban J connectivity index is 2.05. The topological polar surface area (TPSA) is 64.3 Å². The van der Waals surface area contributed by atoms with E-state index in [0.717, 1.165) is 29.4 Å². The molecule has 2 heterocycles. The van der Waals surface area contributed by atoms with Crippen LogP contribution in [0, 0.1) is 5.82 Å². The summed E-state index contributed by atoms with van der Waals surface area (Å²) in [5.74, 6) is -0.724. The van der Waals surface area contributed by atoms with E-state index in [2.05, 4.69) is 0 Å². The highest BCUT2D eigenvalue weighted by Crippen LogP contribution is 2.31. The fourth-order valence-electron chi connectivity index (χ4n) is 3.50. The van der Waals surface area contributed by atoms with Crippen LogP contribution in [0.3, 0.4) is 0 Å². The number of benzene rings is 1. The summed E-state index contributed by atoms with van der Waals surface area (Å²) in [4.78, 5) is 39.0. The second-order valence-electron chi connectivity index (χ2n) is 6.69. The van der Waals surface area contributed by atoms with E-state index in [-0.39, 0.29) is 23.5 Å². The van der Waals surface area contributed by atoms with E-state index < -0.39 is 11.2 Å². The SMILES string of the molecule is Cn1c(C(=O)N2CCCCC[C@@H]2c2cccc(F)c2)cc(=O)n(C)c1=O. The van der Waals surface area contributed by atoms with Crippen LogP contribution < -0.4 is 11.2 Å². The number of amides is 1. The quantitative estimate of drug-likeness (QED) is 0.824. The van der Waals surface area contributed by atoms with E-state index in [1.54, 1.807) is 11.0 Å². The van der Waals surface area contributed by atoms with E-state index in [1.165, 1.54) is 36.9 Å². The summed E-state index contributed by atoms with van der Waals surface area (Å²) in [5.41, 5.74) is -0.276. The predicted octanol–water partition coefficient (Wildman–Crippen LogP) is 1.98. The van der Waals surface area contributed by atoms with Gasteiger partial charge in [0.1, 0.15) is 11.5 Å². The molecule has 1 saturated heterocycles. The third-order valence-electron chi connectivity index (χ3n) is 4.99. The molecule has 1 atom stereocenters. The van der Waals surface area contributed by atoms with Crippen molar-refractivity contribution in [3.05, 3.63) is 68.2 Å². The van der Waals surface area contributed by atoms with Crippen LogP contribution in [0.2, 0.25) is 0 Å². The molecule has 2 aromatic rings. The molecule has 7 heteroatoms. The number of aromatic nitrogens is 2. The highest BCUT2D eigenvalue weighted by molar-refractivity contribution is 5.92. The van der Waals surface area contributed by atoms with Crippen molar-refractivity contribution in [3.63, 3.8) is 0 Å². The van der Waals surface area contributed by atoms with Crippen molar-refractivity contribution in [2.24, 2.45) is 14.1 Å². The van der Waals surface area contributed by atoms with Gasteiger partial charge in [-0.2, -0.15) is 0 Å². The lowest BCUT2D eigenvalue weighted by Gasteiger charge is -2.31. The van der Waals surface area contributed by atoms with Crippen molar-refractivity contribution in [2.45, 2.75) is 31.7 Å². The minimum atomic E-state index is -0.544. The van der Waals surface area contributed by atoms with Crippen molar-refractivity contribution < 1.29 is 9.18 Å². The predicted molar refractivity (Wildman–Crippen MR) is 95.6 cm³/mol. The molecule has 26 heavy (non-hydrogen) atoms. The molecule has 1 aromatic heterocycles. The van der Waals surface area contributed by atoms with Gasteiger partial charge in [0.05, 0.1) is 6.04 Å². The van der Waals surface area contributed by atoms with Crippen LogP contribution in [-0.4, -0.2) is 26.5 Å². The molecule has 1 fully saturated rings. The Kier molecular flexibility index (Phi) is 5.06. The highest BCUT2D eigenvalue weighted by Gasteiger charge is 2.29. The van der Waals surface area contributed by atoms with Crippen molar-refractivity contribution in [2.75, 3.05) is 6.54 Å². The third kappa shape index (κ3) is 3.34. The average molecular weight is 359 g/mol. The molecule has 0 bridgehead atoms. The largest absolute Gasteiger partial charge is 0.331 e. The van der Waals surface area contributed by atoms with Crippen molar-refractivity contribution in [1.29, 1.82) is 0 Å². The molecule has 0 saturated carbocycles. The van der Waals surface area contributed by atoms with Crippen molar-refractivity contribution in [3.8, 4) is 0 Å². The van der Waals surface area contributed by atoms with Gasteiger partial charge < -0.3 is 4.90 Å². The van der Waals surface area contributed by atoms with Crippen LogP contribution in [0.5, 0.6) is 0 Å². The average Bonchev–Trinajstić information content (AvgIpc) is 2.88. The van der Waals surface area contributed by atoms with Crippen LogP contribution in [-0.2, 0) is 14.1 Å². The Labute approximate surface area is 150 Å². The van der Waals surface area contributed by atoms with E-state index in [4.69, 9.17) is 0 Å². The monoisotopic (exact) mass is 359 g/mol.